The van der Waals surface area contributed by atoms with Gasteiger partial charge in [0.1, 0.15) is 4.34 Å². The van der Waals surface area contributed by atoms with Gasteiger partial charge in [0.2, 0.25) is 0 Å². The van der Waals surface area contributed by atoms with Gasteiger partial charge < -0.3 is 5.32 Å². The van der Waals surface area contributed by atoms with Gasteiger partial charge in [0.15, 0.2) is 5.82 Å². The number of hydrogen-bond donors (Lipinski definition) is 1. The third-order valence-electron chi connectivity index (χ3n) is 2.84. The second kappa shape index (κ2) is 6.44. The molecule has 3 rings (SSSR count). The molecule has 0 aliphatic carbocycles. The van der Waals surface area contributed by atoms with E-state index in [-0.39, 0.29) is 5.91 Å². The predicted molar refractivity (Wildman–Crippen MR) is 89.8 cm³/mol. The Balaban J connectivity index is 1.76. The van der Waals surface area contributed by atoms with Crippen LogP contribution in [0, 0.1) is 0 Å². The average Bonchev–Trinajstić information content (AvgIpc) is 2.88. The summed E-state index contributed by atoms with van der Waals surface area (Å²) in [6.45, 7) is 0. The van der Waals surface area contributed by atoms with Crippen molar-refractivity contribution in [3.05, 3.63) is 63.0 Å². The second-order valence-electron chi connectivity index (χ2n) is 4.35. The van der Waals surface area contributed by atoms with E-state index >= 15 is 0 Å². The Labute approximate surface area is 140 Å². The van der Waals surface area contributed by atoms with E-state index in [9.17, 15) is 4.79 Å². The van der Waals surface area contributed by atoms with Crippen LogP contribution < -0.4 is 5.32 Å². The van der Waals surface area contributed by atoms with Crippen molar-refractivity contribution < 1.29 is 4.79 Å². The maximum Gasteiger partial charge on any atom is 0.258 e. The standard InChI is InChI=1S/C15H9Cl2N3OS/c16-12-6-11(13(17)22-12)15(21)20-10-7-18-14(19-8-10)9-4-2-1-3-5-9/h1-8H,(H,20,21). The van der Waals surface area contributed by atoms with Gasteiger partial charge in [-0.15, -0.1) is 11.3 Å². The summed E-state index contributed by atoms with van der Waals surface area (Å²) in [7, 11) is 0. The number of anilines is 1. The SMILES string of the molecule is O=C(Nc1cnc(-c2ccccc2)nc1)c1cc(Cl)sc1Cl. The minimum Gasteiger partial charge on any atom is -0.319 e. The molecule has 1 amide bonds. The van der Waals surface area contributed by atoms with Gasteiger partial charge in [0.25, 0.3) is 5.91 Å². The van der Waals surface area contributed by atoms with Crippen molar-refractivity contribution in [3.63, 3.8) is 0 Å². The Bertz CT molecular complexity index is 803. The molecule has 4 nitrogen and oxygen atoms in total. The van der Waals surface area contributed by atoms with Crippen molar-refractivity contribution in [1.82, 2.24) is 9.97 Å². The van der Waals surface area contributed by atoms with E-state index in [0.717, 1.165) is 16.9 Å². The summed E-state index contributed by atoms with van der Waals surface area (Å²) in [6.07, 6.45) is 3.10. The summed E-state index contributed by atoms with van der Waals surface area (Å²) in [5, 5.41) is 2.69. The van der Waals surface area contributed by atoms with Gasteiger partial charge >= 0.3 is 0 Å². The first-order valence-electron chi connectivity index (χ1n) is 6.27. The summed E-state index contributed by atoms with van der Waals surface area (Å²) in [6, 6.07) is 11.1. The Morgan fingerprint density at radius 2 is 1.77 bits per heavy atom. The molecular weight excluding hydrogens is 341 g/mol. The number of carbonyl (C=O) groups excluding carboxylic acids is 1. The Kier molecular flexibility index (Phi) is 4.38. The van der Waals surface area contributed by atoms with E-state index in [4.69, 9.17) is 23.2 Å². The third kappa shape index (κ3) is 3.27. The van der Waals surface area contributed by atoms with E-state index in [2.05, 4.69) is 15.3 Å². The number of rotatable bonds is 3. The highest BCUT2D eigenvalue weighted by Crippen LogP contribution is 2.31. The molecule has 0 saturated heterocycles. The van der Waals surface area contributed by atoms with Crippen LogP contribution in [0.4, 0.5) is 5.69 Å². The predicted octanol–water partition coefficient (Wildman–Crippen LogP) is 4.76. The summed E-state index contributed by atoms with van der Waals surface area (Å²) >= 11 is 12.9. The molecule has 1 N–H and O–H groups in total. The number of halogens is 2. The number of nitrogens with zero attached hydrogens (tertiary/aromatic N) is 2. The van der Waals surface area contributed by atoms with Crippen molar-refractivity contribution in [2.75, 3.05) is 5.32 Å². The Morgan fingerprint density at radius 3 is 2.36 bits per heavy atom. The fraction of sp³-hybridized carbons (Fsp3) is 0. The lowest BCUT2D eigenvalue weighted by atomic mass is 10.2. The monoisotopic (exact) mass is 349 g/mol. The number of hydrogen-bond acceptors (Lipinski definition) is 4. The Morgan fingerprint density at radius 1 is 1.09 bits per heavy atom. The van der Waals surface area contributed by atoms with Crippen LogP contribution in [0.5, 0.6) is 0 Å². The van der Waals surface area contributed by atoms with Crippen molar-refractivity contribution in [3.8, 4) is 11.4 Å². The first kappa shape index (κ1) is 15.0. The highest BCUT2D eigenvalue weighted by Gasteiger charge is 2.14. The van der Waals surface area contributed by atoms with Crippen molar-refractivity contribution in [2.45, 2.75) is 0 Å². The van der Waals surface area contributed by atoms with Crippen molar-refractivity contribution in [1.29, 1.82) is 0 Å². The fourth-order valence-corrected chi connectivity index (χ4v) is 3.28. The minimum absolute atomic E-state index is 0.337. The summed E-state index contributed by atoms with van der Waals surface area (Å²) in [5.41, 5.74) is 1.74. The quantitative estimate of drug-likeness (QED) is 0.741. The molecule has 7 heteroatoms. The smallest absolute Gasteiger partial charge is 0.258 e. The normalized spacial score (nSPS) is 10.5. The van der Waals surface area contributed by atoms with Gasteiger partial charge in [-0.05, 0) is 6.07 Å². The van der Waals surface area contributed by atoms with Crippen LogP contribution in [0.2, 0.25) is 8.67 Å². The zero-order chi connectivity index (χ0) is 15.5. The van der Waals surface area contributed by atoms with Gasteiger partial charge in [-0.3, -0.25) is 4.79 Å². The van der Waals surface area contributed by atoms with Crippen LogP contribution in [-0.2, 0) is 0 Å². The topological polar surface area (TPSA) is 54.9 Å². The van der Waals surface area contributed by atoms with Crippen molar-refractivity contribution >= 4 is 46.1 Å². The molecule has 3 aromatic rings. The number of carbonyl (C=O) groups is 1. The summed E-state index contributed by atoms with van der Waals surface area (Å²) in [5.74, 6) is 0.249. The molecule has 2 heterocycles. The van der Waals surface area contributed by atoms with E-state index in [1.54, 1.807) is 12.4 Å². The second-order valence-corrected chi connectivity index (χ2v) is 6.64. The molecule has 0 saturated carbocycles. The molecule has 2 aromatic heterocycles. The molecule has 22 heavy (non-hydrogen) atoms. The molecule has 0 aliphatic heterocycles. The fourth-order valence-electron chi connectivity index (χ4n) is 1.82. The molecule has 0 radical (unpaired) electrons. The van der Waals surface area contributed by atoms with E-state index < -0.39 is 0 Å². The van der Waals surface area contributed by atoms with Crippen LogP contribution in [0.25, 0.3) is 11.4 Å². The first-order chi connectivity index (χ1) is 10.6. The molecule has 0 unspecified atom stereocenters. The first-order valence-corrected chi connectivity index (χ1v) is 7.84. The number of aromatic nitrogens is 2. The highest BCUT2D eigenvalue weighted by molar-refractivity contribution is 7.20. The van der Waals surface area contributed by atoms with Gasteiger partial charge in [-0.1, -0.05) is 53.5 Å². The van der Waals surface area contributed by atoms with Crippen LogP contribution in [-0.4, -0.2) is 15.9 Å². The summed E-state index contributed by atoms with van der Waals surface area (Å²) < 4.78 is 0.815. The van der Waals surface area contributed by atoms with E-state index in [1.807, 2.05) is 30.3 Å². The largest absolute Gasteiger partial charge is 0.319 e. The molecule has 0 atom stereocenters. The average molecular weight is 350 g/mol. The van der Waals surface area contributed by atoms with Gasteiger partial charge in [0.05, 0.1) is 28.0 Å². The van der Waals surface area contributed by atoms with E-state index in [1.165, 1.54) is 6.07 Å². The number of amides is 1. The maximum absolute atomic E-state index is 12.1. The van der Waals surface area contributed by atoms with Gasteiger partial charge in [-0.25, -0.2) is 9.97 Å². The third-order valence-corrected chi connectivity index (χ3v) is 4.33. The van der Waals surface area contributed by atoms with Gasteiger partial charge in [-0.2, -0.15) is 0 Å². The van der Waals surface area contributed by atoms with E-state index in [0.29, 0.717) is 25.7 Å². The van der Waals surface area contributed by atoms with Gasteiger partial charge in [0, 0.05) is 5.56 Å². The van der Waals surface area contributed by atoms with Crippen LogP contribution in [0.15, 0.2) is 48.8 Å². The lowest BCUT2D eigenvalue weighted by Gasteiger charge is -2.05. The maximum atomic E-state index is 12.1. The lowest BCUT2D eigenvalue weighted by Crippen LogP contribution is -2.11. The molecule has 0 aliphatic rings. The molecule has 110 valence electrons. The van der Waals surface area contributed by atoms with Crippen LogP contribution in [0.1, 0.15) is 10.4 Å². The molecule has 0 fully saturated rings. The number of nitrogens with one attached hydrogen (secondary N) is 1. The zero-order valence-electron chi connectivity index (χ0n) is 11.1. The zero-order valence-corrected chi connectivity index (χ0v) is 13.4. The molecular formula is C15H9Cl2N3OS. The molecule has 1 aromatic carbocycles. The van der Waals surface area contributed by atoms with Crippen LogP contribution in [0.3, 0.4) is 0 Å². The number of thiophene rings is 1. The Hall–Kier alpha value is -1.95. The lowest BCUT2D eigenvalue weighted by molar-refractivity contribution is 0.102. The molecule has 0 spiro atoms. The molecule has 0 bridgehead atoms. The summed E-state index contributed by atoms with van der Waals surface area (Å²) in [4.78, 5) is 20.6. The minimum atomic E-state index is -0.343. The highest BCUT2D eigenvalue weighted by atomic mass is 35.5. The number of benzene rings is 1. The van der Waals surface area contributed by atoms with Crippen molar-refractivity contribution in [2.24, 2.45) is 0 Å². The van der Waals surface area contributed by atoms with Crippen LogP contribution >= 0.6 is 34.5 Å².